The third-order valence-electron chi connectivity index (χ3n) is 1.98. The van der Waals surface area contributed by atoms with Crippen molar-refractivity contribution in [2.24, 2.45) is 0 Å². The van der Waals surface area contributed by atoms with Crippen LogP contribution in [0.2, 0.25) is 14.8 Å². The van der Waals surface area contributed by atoms with Gasteiger partial charge in [-0.05, 0) is 25.7 Å². The van der Waals surface area contributed by atoms with E-state index in [9.17, 15) is 4.79 Å². The summed E-state index contributed by atoms with van der Waals surface area (Å²) in [4.78, 5) is 17.9. The van der Waals surface area contributed by atoms with Crippen LogP contribution >= 0.6 is 12.6 Å². The van der Waals surface area contributed by atoms with E-state index in [4.69, 9.17) is 4.74 Å². The van der Waals surface area contributed by atoms with Crippen LogP contribution in [0.25, 0.3) is 0 Å². The van der Waals surface area contributed by atoms with Crippen molar-refractivity contribution in [1.82, 2.24) is 0 Å². The molecule has 2 nitrogen and oxygen atoms in total. The molecule has 0 aliphatic heterocycles. The normalized spacial score (nSPS) is 16.9. The van der Waals surface area contributed by atoms with Crippen molar-refractivity contribution >= 4 is 38.4 Å². The SMILES string of the molecule is O=C(CS)OC1CCCCC1.[CH3][SnH]([CH3])[CH3]. The van der Waals surface area contributed by atoms with E-state index in [2.05, 4.69) is 27.4 Å². The van der Waals surface area contributed by atoms with Crippen LogP contribution in [0.1, 0.15) is 32.1 Å². The van der Waals surface area contributed by atoms with Crippen LogP contribution in [0.5, 0.6) is 0 Å². The van der Waals surface area contributed by atoms with E-state index in [1.807, 2.05) is 0 Å². The van der Waals surface area contributed by atoms with Gasteiger partial charge in [-0.25, -0.2) is 0 Å². The van der Waals surface area contributed by atoms with Crippen LogP contribution in [0.3, 0.4) is 0 Å². The average molecular weight is 339 g/mol. The van der Waals surface area contributed by atoms with E-state index < -0.39 is 19.8 Å². The summed E-state index contributed by atoms with van der Waals surface area (Å²) in [5.41, 5.74) is 0. The van der Waals surface area contributed by atoms with Gasteiger partial charge in [-0.1, -0.05) is 6.42 Å². The maximum absolute atomic E-state index is 10.8. The first-order valence-electron chi connectivity index (χ1n) is 5.86. The first kappa shape index (κ1) is 15.6. The fourth-order valence-electron chi connectivity index (χ4n) is 1.41. The van der Waals surface area contributed by atoms with E-state index in [1.165, 1.54) is 19.3 Å². The Morgan fingerprint density at radius 2 is 1.73 bits per heavy atom. The standard InChI is InChI=1S/C8H14O2S.3CH3.Sn.H/c9-8(6-11)10-7-4-2-1-3-5-7;;;;;/h7,11H,1-6H2;3*1H3;;. The number of carbonyl (C=O) groups excluding carboxylic acids is 1. The first-order valence-corrected chi connectivity index (χ1v) is 16.4. The molecule has 15 heavy (non-hydrogen) atoms. The average Bonchev–Trinajstić information content (AvgIpc) is 2.18. The van der Waals surface area contributed by atoms with Gasteiger partial charge in [0.15, 0.2) is 0 Å². The van der Waals surface area contributed by atoms with E-state index >= 15 is 0 Å². The number of hydrogen-bond donors (Lipinski definition) is 1. The van der Waals surface area contributed by atoms with Gasteiger partial charge in [0.2, 0.25) is 0 Å². The second kappa shape index (κ2) is 9.82. The fraction of sp³-hybridized carbons (Fsp3) is 0.909. The van der Waals surface area contributed by atoms with Gasteiger partial charge >= 0.3 is 40.5 Å². The predicted octanol–water partition coefficient (Wildman–Crippen LogP) is 2.90. The Bertz CT molecular complexity index is 165. The van der Waals surface area contributed by atoms with Gasteiger partial charge in [0.25, 0.3) is 0 Å². The molecule has 0 aromatic carbocycles. The van der Waals surface area contributed by atoms with Crippen LogP contribution in [-0.2, 0) is 9.53 Å². The molecule has 1 aliphatic carbocycles. The molecule has 0 saturated heterocycles. The topological polar surface area (TPSA) is 26.3 Å². The van der Waals surface area contributed by atoms with Gasteiger partial charge < -0.3 is 4.74 Å². The number of hydrogen-bond acceptors (Lipinski definition) is 3. The second-order valence-electron chi connectivity index (χ2n) is 4.64. The zero-order chi connectivity index (χ0) is 11.7. The van der Waals surface area contributed by atoms with Crippen molar-refractivity contribution < 1.29 is 9.53 Å². The van der Waals surface area contributed by atoms with Gasteiger partial charge in [0.05, 0.1) is 5.75 Å². The molecule has 0 atom stereocenters. The quantitative estimate of drug-likeness (QED) is 0.476. The zero-order valence-electron chi connectivity index (χ0n) is 10.2. The monoisotopic (exact) mass is 340 g/mol. The Morgan fingerprint density at radius 1 is 1.27 bits per heavy atom. The van der Waals surface area contributed by atoms with Gasteiger partial charge in [-0.15, -0.1) is 0 Å². The van der Waals surface area contributed by atoms with Crippen molar-refractivity contribution in [3.8, 4) is 0 Å². The summed E-state index contributed by atoms with van der Waals surface area (Å²) in [5, 5.41) is 0. The summed E-state index contributed by atoms with van der Waals surface area (Å²) >= 11 is 3.20. The van der Waals surface area contributed by atoms with Crippen molar-refractivity contribution in [2.45, 2.75) is 53.0 Å². The molecule has 0 aromatic heterocycles. The molecule has 0 heterocycles. The summed E-state index contributed by atoms with van der Waals surface area (Å²) in [5.74, 6) is 0.0245. The minimum atomic E-state index is -0.637. The van der Waals surface area contributed by atoms with Crippen LogP contribution in [0, 0.1) is 0 Å². The van der Waals surface area contributed by atoms with Crippen LogP contribution in [0.4, 0.5) is 0 Å². The molecule has 90 valence electrons. The second-order valence-corrected chi connectivity index (χ2v) is 14.8. The van der Waals surface area contributed by atoms with Gasteiger partial charge in [-0.3, -0.25) is 4.79 Å². The molecular weight excluding hydrogens is 315 g/mol. The van der Waals surface area contributed by atoms with Crippen molar-refractivity contribution in [3.05, 3.63) is 0 Å². The van der Waals surface area contributed by atoms with E-state index in [0.717, 1.165) is 12.8 Å². The van der Waals surface area contributed by atoms with Crippen molar-refractivity contribution in [1.29, 1.82) is 0 Å². The molecule has 0 unspecified atom stereocenters. The number of rotatable bonds is 2. The summed E-state index contributed by atoms with van der Waals surface area (Å²) in [6, 6.07) is 0. The van der Waals surface area contributed by atoms with Gasteiger partial charge in [0.1, 0.15) is 6.10 Å². The summed E-state index contributed by atoms with van der Waals surface area (Å²) in [7, 11) is 0. The van der Waals surface area contributed by atoms with E-state index in [-0.39, 0.29) is 17.8 Å². The molecule has 0 aromatic rings. The molecule has 0 amide bonds. The van der Waals surface area contributed by atoms with E-state index in [0.29, 0.717) is 0 Å². The van der Waals surface area contributed by atoms with Crippen LogP contribution in [-0.4, -0.2) is 37.6 Å². The predicted molar refractivity (Wildman–Crippen MR) is 71.6 cm³/mol. The van der Waals surface area contributed by atoms with Crippen molar-refractivity contribution in [3.63, 3.8) is 0 Å². The van der Waals surface area contributed by atoms with E-state index in [1.54, 1.807) is 0 Å². The molecule has 0 bridgehead atoms. The fourth-order valence-corrected chi connectivity index (χ4v) is 1.48. The number of ether oxygens (including phenoxy) is 1. The Kier molecular flexibility index (Phi) is 10.2. The number of esters is 1. The molecular formula is C11H24O2SSn. The molecule has 1 rings (SSSR count). The molecule has 1 saturated carbocycles. The summed E-state index contributed by atoms with van der Waals surface area (Å²) in [6.45, 7) is 0. The maximum atomic E-state index is 10.8. The third kappa shape index (κ3) is 10.9. The van der Waals surface area contributed by atoms with Crippen LogP contribution < -0.4 is 0 Å². The molecule has 1 aliphatic rings. The zero-order valence-corrected chi connectivity index (χ0v) is 14.4. The number of thiol groups is 1. The molecule has 0 radical (unpaired) electrons. The molecule has 1 fully saturated rings. The molecule has 4 heteroatoms. The Morgan fingerprint density at radius 3 is 2.13 bits per heavy atom. The molecule has 0 spiro atoms. The summed E-state index contributed by atoms with van der Waals surface area (Å²) in [6.07, 6.45) is 5.95. The van der Waals surface area contributed by atoms with Gasteiger partial charge in [-0.2, -0.15) is 12.6 Å². The van der Waals surface area contributed by atoms with Gasteiger partial charge in [0, 0.05) is 0 Å². The minimum absolute atomic E-state index is 0.180. The molecule has 0 N–H and O–H groups in total. The van der Waals surface area contributed by atoms with Crippen LogP contribution in [0.15, 0.2) is 0 Å². The Hall–Kier alpha value is 0.619. The van der Waals surface area contributed by atoms with Crippen molar-refractivity contribution in [2.75, 3.05) is 5.75 Å². The Labute approximate surface area is 106 Å². The summed E-state index contributed by atoms with van der Waals surface area (Å²) < 4.78 is 5.13. The Balaban J connectivity index is 0.000000423. The first-order chi connectivity index (χ1) is 7.06. The number of carbonyl (C=O) groups is 1. The third-order valence-corrected chi connectivity index (χ3v) is 2.24.